The summed E-state index contributed by atoms with van der Waals surface area (Å²) in [7, 11) is 1.55. The molecule has 0 aliphatic rings. The monoisotopic (exact) mass is 267 g/mol. The van der Waals surface area contributed by atoms with E-state index in [0.717, 1.165) is 0 Å². The maximum Gasteiger partial charge on any atom is 0.151 e. The summed E-state index contributed by atoms with van der Waals surface area (Å²) >= 11 is 3.32. The van der Waals surface area contributed by atoms with E-state index < -0.39 is 0 Å². The number of benzene rings is 1. The number of rotatable bonds is 4. The highest BCUT2D eigenvalue weighted by molar-refractivity contribution is 9.10. The molecule has 1 aromatic rings. The molecule has 1 rings (SSSR count). The molecule has 0 aromatic heterocycles. The van der Waals surface area contributed by atoms with Crippen LogP contribution in [0.15, 0.2) is 29.3 Å². The highest BCUT2D eigenvalue weighted by atomic mass is 79.9. The summed E-state index contributed by atoms with van der Waals surface area (Å²) < 4.78 is 11.1. The van der Waals surface area contributed by atoms with E-state index in [2.05, 4.69) is 28.6 Å². The van der Waals surface area contributed by atoms with Gasteiger partial charge < -0.3 is 9.47 Å². The summed E-state index contributed by atoms with van der Waals surface area (Å²) in [5.41, 5.74) is 0.433. The Kier molecular flexibility index (Phi) is 4.19. The van der Waals surface area contributed by atoms with Crippen LogP contribution in [0.25, 0.3) is 0 Å². The SMILES string of the molecule is C=CCOc1c(Br)cc(OC)cc1C#N. The first kappa shape index (κ1) is 11.6. The van der Waals surface area contributed by atoms with Gasteiger partial charge in [-0.2, -0.15) is 5.26 Å². The third-order valence-corrected chi connectivity index (χ3v) is 2.31. The minimum absolute atomic E-state index is 0.361. The van der Waals surface area contributed by atoms with Crippen molar-refractivity contribution in [2.75, 3.05) is 13.7 Å². The molecule has 0 amide bonds. The van der Waals surface area contributed by atoms with Crippen molar-refractivity contribution in [2.24, 2.45) is 0 Å². The topological polar surface area (TPSA) is 42.2 Å². The number of nitrogens with zero attached hydrogens (tertiary/aromatic N) is 1. The predicted octanol–water partition coefficient (Wildman–Crippen LogP) is 2.89. The fourth-order valence-corrected chi connectivity index (χ4v) is 1.61. The zero-order valence-electron chi connectivity index (χ0n) is 8.29. The van der Waals surface area contributed by atoms with Crippen LogP contribution in [0.4, 0.5) is 0 Å². The summed E-state index contributed by atoms with van der Waals surface area (Å²) in [4.78, 5) is 0. The predicted molar refractivity (Wildman–Crippen MR) is 61.1 cm³/mol. The van der Waals surface area contributed by atoms with Gasteiger partial charge in [0.05, 0.1) is 17.1 Å². The van der Waals surface area contributed by atoms with Gasteiger partial charge in [-0.05, 0) is 22.0 Å². The Morgan fingerprint density at radius 2 is 2.33 bits per heavy atom. The van der Waals surface area contributed by atoms with Crippen LogP contribution in [0.2, 0.25) is 0 Å². The fourth-order valence-electron chi connectivity index (χ4n) is 1.06. The first-order valence-electron chi connectivity index (χ1n) is 4.24. The van der Waals surface area contributed by atoms with Crippen LogP contribution >= 0.6 is 15.9 Å². The van der Waals surface area contributed by atoms with Gasteiger partial charge >= 0.3 is 0 Å². The van der Waals surface area contributed by atoms with Crippen molar-refractivity contribution < 1.29 is 9.47 Å². The number of nitriles is 1. The molecule has 78 valence electrons. The van der Waals surface area contributed by atoms with E-state index in [4.69, 9.17) is 14.7 Å². The van der Waals surface area contributed by atoms with E-state index in [1.165, 1.54) is 0 Å². The van der Waals surface area contributed by atoms with E-state index in [-0.39, 0.29) is 0 Å². The lowest BCUT2D eigenvalue weighted by Gasteiger charge is -2.09. The van der Waals surface area contributed by atoms with Crippen molar-refractivity contribution in [1.82, 2.24) is 0 Å². The molecule has 0 aliphatic heterocycles. The standard InChI is InChI=1S/C11H10BrNO2/c1-3-4-15-11-8(7-13)5-9(14-2)6-10(11)12/h3,5-6H,1,4H2,2H3. The van der Waals surface area contributed by atoms with Gasteiger partial charge in [0.25, 0.3) is 0 Å². The second-order valence-electron chi connectivity index (χ2n) is 2.70. The van der Waals surface area contributed by atoms with Crippen molar-refractivity contribution in [1.29, 1.82) is 5.26 Å². The van der Waals surface area contributed by atoms with Gasteiger partial charge in [-0.3, -0.25) is 0 Å². The summed E-state index contributed by atoms with van der Waals surface area (Å²) in [5, 5.41) is 8.93. The van der Waals surface area contributed by atoms with Crippen molar-refractivity contribution in [2.45, 2.75) is 0 Å². The van der Waals surface area contributed by atoms with Crippen molar-refractivity contribution in [3.05, 3.63) is 34.8 Å². The Labute approximate surface area is 97.1 Å². The maximum absolute atomic E-state index is 8.93. The molecule has 0 atom stereocenters. The molecule has 1 aromatic carbocycles. The van der Waals surface area contributed by atoms with Crippen molar-refractivity contribution in [3.8, 4) is 17.6 Å². The van der Waals surface area contributed by atoms with Crippen LogP contribution in [0.5, 0.6) is 11.5 Å². The molecule has 0 saturated carbocycles. The molecule has 0 bridgehead atoms. The van der Waals surface area contributed by atoms with Gasteiger partial charge in [-0.15, -0.1) is 0 Å². The second-order valence-corrected chi connectivity index (χ2v) is 3.55. The van der Waals surface area contributed by atoms with Crippen molar-refractivity contribution in [3.63, 3.8) is 0 Å². The smallest absolute Gasteiger partial charge is 0.151 e. The van der Waals surface area contributed by atoms with Gasteiger partial charge in [0.15, 0.2) is 5.75 Å². The van der Waals surface area contributed by atoms with E-state index in [1.807, 2.05) is 0 Å². The van der Waals surface area contributed by atoms with Crippen molar-refractivity contribution >= 4 is 15.9 Å². The third kappa shape index (κ3) is 2.74. The molecular weight excluding hydrogens is 258 g/mol. The zero-order valence-corrected chi connectivity index (χ0v) is 9.87. The number of halogens is 1. The minimum atomic E-state index is 0.361. The molecule has 0 radical (unpaired) electrons. The molecule has 0 aliphatic carbocycles. The molecule has 0 spiro atoms. The maximum atomic E-state index is 8.93. The summed E-state index contributed by atoms with van der Waals surface area (Å²) in [6, 6.07) is 5.43. The lowest BCUT2D eigenvalue weighted by atomic mass is 10.2. The zero-order chi connectivity index (χ0) is 11.3. The van der Waals surface area contributed by atoms with Gasteiger partial charge in [-0.25, -0.2) is 0 Å². The normalized spacial score (nSPS) is 9.13. The molecule has 15 heavy (non-hydrogen) atoms. The van der Waals surface area contributed by atoms with Crippen LogP contribution in [0.1, 0.15) is 5.56 Å². The largest absolute Gasteiger partial charge is 0.497 e. The summed E-state index contributed by atoms with van der Waals surface area (Å²) in [6.45, 7) is 3.91. The Hall–Kier alpha value is -1.47. The highest BCUT2D eigenvalue weighted by Crippen LogP contribution is 2.33. The minimum Gasteiger partial charge on any atom is -0.497 e. The summed E-state index contributed by atoms with van der Waals surface area (Å²) in [5.74, 6) is 1.13. The Morgan fingerprint density at radius 3 is 2.87 bits per heavy atom. The number of hydrogen-bond donors (Lipinski definition) is 0. The Balaban J connectivity index is 3.13. The van der Waals surface area contributed by atoms with Gasteiger partial charge in [0, 0.05) is 6.07 Å². The average Bonchev–Trinajstić information content (AvgIpc) is 2.26. The molecule has 0 unspecified atom stereocenters. The quantitative estimate of drug-likeness (QED) is 0.788. The van der Waals surface area contributed by atoms with Crippen LogP contribution in [0.3, 0.4) is 0 Å². The first-order chi connectivity index (χ1) is 7.22. The van der Waals surface area contributed by atoms with Crippen LogP contribution < -0.4 is 9.47 Å². The molecule has 3 nitrogen and oxygen atoms in total. The molecule has 0 fully saturated rings. The van der Waals surface area contributed by atoms with Gasteiger partial charge in [0.1, 0.15) is 18.4 Å². The van der Waals surface area contributed by atoms with E-state index in [9.17, 15) is 0 Å². The number of hydrogen-bond acceptors (Lipinski definition) is 3. The molecule has 4 heteroatoms. The van der Waals surface area contributed by atoms with E-state index in [1.54, 1.807) is 25.3 Å². The molecular formula is C11H10BrNO2. The summed E-state index contributed by atoms with van der Waals surface area (Å²) in [6.07, 6.45) is 1.62. The second kappa shape index (κ2) is 5.42. The highest BCUT2D eigenvalue weighted by Gasteiger charge is 2.10. The number of ether oxygens (including phenoxy) is 2. The number of methoxy groups -OCH3 is 1. The third-order valence-electron chi connectivity index (χ3n) is 1.72. The molecule has 0 heterocycles. The average molecular weight is 268 g/mol. The lowest BCUT2D eigenvalue weighted by Crippen LogP contribution is -1.97. The molecule has 0 saturated heterocycles. The first-order valence-corrected chi connectivity index (χ1v) is 5.03. The van der Waals surface area contributed by atoms with Crippen LogP contribution in [-0.2, 0) is 0 Å². The molecule has 0 N–H and O–H groups in total. The lowest BCUT2D eigenvalue weighted by molar-refractivity contribution is 0.357. The van der Waals surface area contributed by atoms with Gasteiger partial charge in [0.2, 0.25) is 0 Å². The Morgan fingerprint density at radius 1 is 1.60 bits per heavy atom. The van der Waals surface area contributed by atoms with Gasteiger partial charge in [-0.1, -0.05) is 12.7 Å². The Bertz CT molecular complexity index is 410. The van der Waals surface area contributed by atoms with Crippen LogP contribution in [0, 0.1) is 11.3 Å². The van der Waals surface area contributed by atoms with Crippen LogP contribution in [-0.4, -0.2) is 13.7 Å². The van der Waals surface area contributed by atoms with E-state index in [0.29, 0.717) is 28.1 Å². The van der Waals surface area contributed by atoms with E-state index >= 15 is 0 Å². The fraction of sp³-hybridized carbons (Fsp3) is 0.182.